The van der Waals surface area contributed by atoms with Crippen molar-refractivity contribution in [2.45, 2.75) is 39.7 Å². The number of nitrogens with zero attached hydrogens (tertiary/aromatic N) is 2. The summed E-state index contributed by atoms with van der Waals surface area (Å²) in [7, 11) is 1.77. The minimum Gasteiger partial charge on any atom is -0.342 e. The molecule has 1 saturated carbocycles. The highest BCUT2D eigenvalue weighted by molar-refractivity contribution is 6.43. The number of hydrogen-bond acceptors (Lipinski definition) is 3. The zero-order valence-corrected chi connectivity index (χ0v) is 14.6. The Morgan fingerprint density at radius 1 is 1.17 bits per heavy atom. The quantitative estimate of drug-likeness (QED) is 0.679. The monoisotopic (exact) mass is 325 g/mol. The van der Waals surface area contributed by atoms with Crippen LogP contribution < -0.4 is 5.32 Å². The number of rotatable bonds is 5. The maximum absolute atomic E-state index is 12.6. The van der Waals surface area contributed by atoms with E-state index in [-0.39, 0.29) is 6.04 Å². The van der Waals surface area contributed by atoms with E-state index in [9.17, 15) is 9.59 Å². The van der Waals surface area contributed by atoms with Crippen molar-refractivity contribution in [3.05, 3.63) is 52.3 Å². The molecule has 1 aromatic heterocycles. The van der Waals surface area contributed by atoms with Crippen molar-refractivity contribution in [3.8, 4) is 0 Å². The summed E-state index contributed by atoms with van der Waals surface area (Å²) in [6.07, 6.45) is 2.16. The summed E-state index contributed by atoms with van der Waals surface area (Å²) in [5.74, 6) is -0.636. The number of aromatic nitrogens is 2. The largest absolute Gasteiger partial charge is 0.342 e. The lowest BCUT2D eigenvalue weighted by Gasteiger charge is -2.18. The van der Waals surface area contributed by atoms with Gasteiger partial charge in [0.15, 0.2) is 0 Å². The van der Waals surface area contributed by atoms with Gasteiger partial charge >= 0.3 is 0 Å². The van der Waals surface area contributed by atoms with Gasteiger partial charge in [-0.15, -0.1) is 0 Å². The van der Waals surface area contributed by atoms with Gasteiger partial charge in [0.25, 0.3) is 11.7 Å². The Morgan fingerprint density at radius 2 is 1.79 bits per heavy atom. The van der Waals surface area contributed by atoms with E-state index in [1.54, 1.807) is 25.6 Å². The van der Waals surface area contributed by atoms with E-state index >= 15 is 0 Å². The molecular formula is C19H23N3O2. The van der Waals surface area contributed by atoms with Crippen LogP contribution in [0.25, 0.3) is 0 Å². The molecule has 5 nitrogen and oxygen atoms in total. The second-order valence-electron chi connectivity index (χ2n) is 6.70. The number of nitrogens with one attached hydrogen (secondary N) is 1. The number of aryl methyl sites for hydroxylation is 3. The standard InChI is InChI=1S/C19H23N3O2/c1-11-5-7-14(8-6-11)17(15-9-10-15)20-19(24)18(23)16-12(2)21-22(4)13(16)3/h5-8,15,17H,9-10H2,1-4H3,(H,20,24). The highest BCUT2D eigenvalue weighted by Crippen LogP contribution is 2.41. The molecule has 1 aliphatic carbocycles. The van der Waals surface area contributed by atoms with Gasteiger partial charge in [0.1, 0.15) is 0 Å². The summed E-state index contributed by atoms with van der Waals surface area (Å²) in [4.78, 5) is 25.1. The average molecular weight is 325 g/mol. The van der Waals surface area contributed by atoms with Crippen LogP contribution in [0, 0.1) is 26.7 Å². The van der Waals surface area contributed by atoms with Crippen LogP contribution in [-0.4, -0.2) is 21.5 Å². The number of carbonyl (C=O) groups excluding carboxylic acids is 2. The molecular weight excluding hydrogens is 302 g/mol. The number of ketones is 1. The molecule has 1 aliphatic rings. The lowest BCUT2D eigenvalue weighted by molar-refractivity contribution is -0.117. The lowest BCUT2D eigenvalue weighted by Crippen LogP contribution is -2.35. The number of amides is 1. The van der Waals surface area contributed by atoms with Gasteiger partial charge in [-0.2, -0.15) is 5.10 Å². The third-order valence-corrected chi connectivity index (χ3v) is 4.76. The first-order chi connectivity index (χ1) is 11.4. The second kappa shape index (κ2) is 6.23. The van der Waals surface area contributed by atoms with Crippen LogP contribution in [0.2, 0.25) is 0 Å². The molecule has 0 aliphatic heterocycles. The van der Waals surface area contributed by atoms with Crippen molar-refractivity contribution in [1.29, 1.82) is 0 Å². The summed E-state index contributed by atoms with van der Waals surface area (Å²) in [6, 6.07) is 8.04. The van der Waals surface area contributed by atoms with E-state index < -0.39 is 11.7 Å². The third kappa shape index (κ3) is 3.11. The van der Waals surface area contributed by atoms with Gasteiger partial charge in [0.2, 0.25) is 0 Å². The molecule has 1 aromatic carbocycles. The minimum atomic E-state index is -0.549. The fourth-order valence-electron chi connectivity index (χ4n) is 3.10. The highest BCUT2D eigenvalue weighted by atomic mass is 16.2. The van der Waals surface area contributed by atoms with E-state index in [0.29, 0.717) is 22.9 Å². The van der Waals surface area contributed by atoms with E-state index in [4.69, 9.17) is 0 Å². The molecule has 0 spiro atoms. The average Bonchev–Trinajstić information content (AvgIpc) is 3.34. The Balaban J connectivity index is 1.81. The number of Topliss-reactive ketones (excluding diaryl/α,β-unsaturated/α-hetero) is 1. The van der Waals surface area contributed by atoms with Crippen molar-refractivity contribution < 1.29 is 9.59 Å². The Kier molecular flexibility index (Phi) is 4.26. The van der Waals surface area contributed by atoms with Gasteiger partial charge in [0, 0.05) is 12.7 Å². The van der Waals surface area contributed by atoms with Gasteiger partial charge in [-0.25, -0.2) is 0 Å². The summed E-state index contributed by atoms with van der Waals surface area (Å²) in [5.41, 5.74) is 3.95. The summed E-state index contributed by atoms with van der Waals surface area (Å²) >= 11 is 0. The lowest BCUT2D eigenvalue weighted by atomic mass is 10.00. The van der Waals surface area contributed by atoms with Gasteiger partial charge < -0.3 is 5.32 Å². The molecule has 0 saturated heterocycles. The van der Waals surface area contributed by atoms with E-state index in [0.717, 1.165) is 18.4 Å². The number of carbonyl (C=O) groups is 2. The molecule has 0 bridgehead atoms. The topological polar surface area (TPSA) is 64.0 Å². The van der Waals surface area contributed by atoms with Crippen molar-refractivity contribution in [3.63, 3.8) is 0 Å². The number of hydrogen-bond donors (Lipinski definition) is 1. The summed E-state index contributed by atoms with van der Waals surface area (Å²) in [5, 5.41) is 7.18. The molecule has 1 amide bonds. The van der Waals surface area contributed by atoms with Crippen LogP contribution in [0.1, 0.15) is 51.8 Å². The van der Waals surface area contributed by atoms with Crippen molar-refractivity contribution in [2.24, 2.45) is 13.0 Å². The first kappa shape index (κ1) is 16.4. The van der Waals surface area contributed by atoms with Crippen molar-refractivity contribution in [1.82, 2.24) is 15.1 Å². The zero-order valence-electron chi connectivity index (χ0n) is 14.6. The second-order valence-corrected chi connectivity index (χ2v) is 6.70. The first-order valence-corrected chi connectivity index (χ1v) is 8.30. The van der Waals surface area contributed by atoms with Gasteiger partial charge in [-0.3, -0.25) is 14.3 Å². The van der Waals surface area contributed by atoms with Crippen LogP contribution in [0.4, 0.5) is 0 Å². The molecule has 1 atom stereocenters. The fourth-order valence-corrected chi connectivity index (χ4v) is 3.10. The van der Waals surface area contributed by atoms with Crippen molar-refractivity contribution in [2.75, 3.05) is 0 Å². The number of benzene rings is 1. The van der Waals surface area contributed by atoms with Crippen LogP contribution in [0.3, 0.4) is 0 Å². The summed E-state index contributed by atoms with van der Waals surface area (Å²) < 4.78 is 1.63. The van der Waals surface area contributed by atoms with Crippen LogP contribution >= 0.6 is 0 Å². The first-order valence-electron chi connectivity index (χ1n) is 8.30. The smallest absolute Gasteiger partial charge is 0.293 e. The van der Waals surface area contributed by atoms with Crippen LogP contribution in [-0.2, 0) is 11.8 Å². The third-order valence-electron chi connectivity index (χ3n) is 4.76. The molecule has 0 radical (unpaired) electrons. The van der Waals surface area contributed by atoms with Gasteiger partial charge in [0.05, 0.1) is 17.3 Å². The minimum absolute atomic E-state index is 0.0978. The van der Waals surface area contributed by atoms with E-state index in [2.05, 4.69) is 10.4 Å². The van der Waals surface area contributed by atoms with Gasteiger partial charge in [-0.1, -0.05) is 29.8 Å². The van der Waals surface area contributed by atoms with Gasteiger partial charge in [-0.05, 0) is 45.1 Å². The van der Waals surface area contributed by atoms with E-state index in [1.165, 1.54) is 5.56 Å². The Bertz CT molecular complexity index is 786. The van der Waals surface area contributed by atoms with Crippen LogP contribution in [0.15, 0.2) is 24.3 Å². The predicted octanol–water partition coefficient (Wildman–Crippen LogP) is 2.80. The SMILES string of the molecule is Cc1ccc(C(NC(=O)C(=O)c2c(C)nn(C)c2C)C2CC2)cc1. The molecule has 1 unspecified atom stereocenters. The Hall–Kier alpha value is -2.43. The van der Waals surface area contributed by atoms with Crippen molar-refractivity contribution >= 4 is 11.7 Å². The fraction of sp³-hybridized carbons (Fsp3) is 0.421. The normalized spacial score (nSPS) is 15.2. The maximum Gasteiger partial charge on any atom is 0.293 e. The predicted molar refractivity (Wildman–Crippen MR) is 91.8 cm³/mol. The Labute approximate surface area is 142 Å². The molecule has 2 aromatic rings. The molecule has 1 heterocycles. The molecule has 5 heteroatoms. The summed E-state index contributed by atoms with van der Waals surface area (Å²) in [6.45, 7) is 5.59. The zero-order chi connectivity index (χ0) is 17.4. The maximum atomic E-state index is 12.6. The highest BCUT2D eigenvalue weighted by Gasteiger charge is 2.35. The molecule has 126 valence electrons. The molecule has 1 N–H and O–H groups in total. The molecule has 1 fully saturated rings. The van der Waals surface area contributed by atoms with E-state index in [1.807, 2.05) is 31.2 Å². The molecule has 3 rings (SSSR count). The Morgan fingerprint density at radius 3 is 2.29 bits per heavy atom. The molecule has 24 heavy (non-hydrogen) atoms. The van der Waals surface area contributed by atoms with Crippen LogP contribution in [0.5, 0.6) is 0 Å².